The van der Waals surface area contributed by atoms with Crippen LogP contribution in [0.3, 0.4) is 0 Å². The van der Waals surface area contributed by atoms with Crippen LogP contribution in [-0.4, -0.2) is 25.0 Å². The lowest BCUT2D eigenvalue weighted by atomic mass is 10.2. The van der Waals surface area contributed by atoms with Crippen molar-refractivity contribution in [3.8, 4) is 11.5 Å². The highest BCUT2D eigenvalue weighted by molar-refractivity contribution is 5.96. The Labute approximate surface area is 134 Å². The molecule has 0 aliphatic carbocycles. The van der Waals surface area contributed by atoms with E-state index in [2.05, 4.69) is 5.32 Å². The molecule has 6 nitrogen and oxygen atoms in total. The lowest BCUT2D eigenvalue weighted by molar-refractivity contribution is -0.122. The molecule has 0 bridgehead atoms. The van der Waals surface area contributed by atoms with Crippen molar-refractivity contribution in [3.63, 3.8) is 0 Å². The van der Waals surface area contributed by atoms with Crippen LogP contribution in [0, 0.1) is 0 Å². The fourth-order valence-corrected chi connectivity index (χ4v) is 1.89. The Kier molecular flexibility index (Phi) is 5.19. The summed E-state index contributed by atoms with van der Waals surface area (Å²) in [4.78, 5) is 23.1. The van der Waals surface area contributed by atoms with Gasteiger partial charge in [-0.15, -0.1) is 0 Å². The molecule has 1 atom stereocenters. The molecule has 0 saturated carbocycles. The third-order valence-electron chi connectivity index (χ3n) is 3.16. The Morgan fingerprint density at radius 3 is 2.35 bits per heavy atom. The van der Waals surface area contributed by atoms with E-state index in [9.17, 15) is 9.59 Å². The molecule has 23 heavy (non-hydrogen) atoms. The normalized spacial score (nSPS) is 11.4. The van der Waals surface area contributed by atoms with Gasteiger partial charge in [0.25, 0.3) is 5.91 Å². The molecule has 6 heteroatoms. The quantitative estimate of drug-likeness (QED) is 0.855. The van der Waals surface area contributed by atoms with Crippen LogP contribution in [-0.2, 0) is 4.79 Å². The van der Waals surface area contributed by atoms with Crippen molar-refractivity contribution in [2.75, 3.05) is 12.4 Å². The second-order valence-corrected chi connectivity index (χ2v) is 4.87. The average molecular weight is 314 g/mol. The second kappa shape index (κ2) is 7.31. The van der Waals surface area contributed by atoms with Crippen molar-refractivity contribution in [3.05, 3.63) is 54.1 Å². The van der Waals surface area contributed by atoms with Gasteiger partial charge < -0.3 is 20.5 Å². The smallest absolute Gasteiger partial charge is 0.265 e. The third kappa shape index (κ3) is 4.47. The zero-order valence-electron chi connectivity index (χ0n) is 12.9. The van der Waals surface area contributed by atoms with Gasteiger partial charge in [-0.1, -0.05) is 6.07 Å². The fourth-order valence-electron chi connectivity index (χ4n) is 1.89. The molecule has 120 valence electrons. The number of rotatable bonds is 6. The summed E-state index contributed by atoms with van der Waals surface area (Å²) in [7, 11) is 1.56. The molecule has 0 unspecified atom stereocenters. The summed E-state index contributed by atoms with van der Waals surface area (Å²) in [5, 5.41) is 2.71. The molecule has 0 radical (unpaired) electrons. The summed E-state index contributed by atoms with van der Waals surface area (Å²) in [6.07, 6.45) is -0.696. The van der Waals surface area contributed by atoms with Crippen molar-refractivity contribution in [2.24, 2.45) is 5.73 Å². The van der Waals surface area contributed by atoms with Crippen LogP contribution in [0.2, 0.25) is 0 Å². The van der Waals surface area contributed by atoms with Gasteiger partial charge in [0.1, 0.15) is 11.5 Å². The van der Waals surface area contributed by atoms with Gasteiger partial charge in [-0.3, -0.25) is 9.59 Å². The van der Waals surface area contributed by atoms with Crippen LogP contribution in [0.15, 0.2) is 48.5 Å². The number of hydrogen-bond acceptors (Lipinski definition) is 4. The SMILES string of the molecule is COc1cccc(O[C@H](C)C(=O)Nc2ccc(C(N)=O)cc2)c1. The van der Waals surface area contributed by atoms with Gasteiger partial charge in [0.15, 0.2) is 6.10 Å². The van der Waals surface area contributed by atoms with E-state index in [0.29, 0.717) is 22.7 Å². The Hall–Kier alpha value is -3.02. The molecule has 2 amide bonds. The number of nitrogens with one attached hydrogen (secondary N) is 1. The van der Waals surface area contributed by atoms with Crippen LogP contribution in [0.5, 0.6) is 11.5 Å². The molecule has 2 rings (SSSR count). The molecule has 3 N–H and O–H groups in total. The molecule has 0 heterocycles. The highest BCUT2D eigenvalue weighted by atomic mass is 16.5. The Morgan fingerprint density at radius 1 is 1.09 bits per heavy atom. The van der Waals surface area contributed by atoms with E-state index in [1.165, 1.54) is 0 Å². The number of methoxy groups -OCH3 is 1. The summed E-state index contributed by atoms with van der Waals surface area (Å²) < 4.78 is 10.7. The number of primary amides is 1. The van der Waals surface area contributed by atoms with Crippen molar-refractivity contribution in [2.45, 2.75) is 13.0 Å². The number of nitrogens with two attached hydrogens (primary N) is 1. The number of ether oxygens (including phenoxy) is 2. The molecule has 0 aromatic heterocycles. The Morgan fingerprint density at radius 2 is 1.74 bits per heavy atom. The van der Waals surface area contributed by atoms with Crippen LogP contribution >= 0.6 is 0 Å². The minimum Gasteiger partial charge on any atom is -0.497 e. The Bertz CT molecular complexity index is 698. The maximum Gasteiger partial charge on any atom is 0.265 e. The summed E-state index contributed by atoms with van der Waals surface area (Å²) in [6, 6.07) is 13.3. The minimum absolute atomic E-state index is 0.306. The highest BCUT2D eigenvalue weighted by Crippen LogP contribution is 2.20. The maximum absolute atomic E-state index is 12.1. The largest absolute Gasteiger partial charge is 0.497 e. The van der Waals surface area contributed by atoms with Gasteiger partial charge in [0, 0.05) is 17.3 Å². The van der Waals surface area contributed by atoms with E-state index in [-0.39, 0.29) is 5.91 Å². The second-order valence-electron chi connectivity index (χ2n) is 4.87. The van der Waals surface area contributed by atoms with Crippen molar-refractivity contribution >= 4 is 17.5 Å². The van der Waals surface area contributed by atoms with Gasteiger partial charge in [-0.05, 0) is 43.3 Å². The molecular weight excluding hydrogens is 296 g/mol. The third-order valence-corrected chi connectivity index (χ3v) is 3.16. The minimum atomic E-state index is -0.696. The van der Waals surface area contributed by atoms with Gasteiger partial charge >= 0.3 is 0 Å². The summed E-state index contributed by atoms with van der Waals surface area (Å²) in [5.41, 5.74) is 6.10. The van der Waals surface area contributed by atoms with Crippen molar-refractivity contribution in [1.82, 2.24) is 0 Å². The first-order valence-corrected chi connectivity index (χ1v) is 7.01. The first-order chi connectivity index (χ1) is 11.0. The molecule has 0 spiro atoms. The van der Waals surface area contributed by atoms with E-state index in [0.717, 1.165) is 0 Å². The maximum atomic E-state index is 12.1. The molecule has 2 aromatic carbocycles. The van der Waals surface area contributed by atoms with E-state index >= 15 is 0 Å². The number of amides is 2. The monoisotopic (exact) mass is 314 g/mol. The van der Waals surface area contributed by atoms with Gasteiger partial charge in [-0.25, -0.2) is 0 Å². The van der Waals surface area contributed by atoms with Gasteiger partial charge in [0.05, 0.1) is 7.11 Å². The highest BCUT2D eigenvalue weighted by Gasteiger charge is 2.15. The van der Waals surface area contributed by atoms with E-state index in [1.54, 1.807) is 62.6 Å². The standard InChI is InChI=1S/C17H18N2O4/c1-11(23-15-5-3-4-14(10-15)22-2)17(21)19-13-8-6-12(7-9-13)16(18)20/h3-11H,1-2H3,(H2,18,20)(H,19,21)/t11-/m1/s1. The van der Waals surface area contributed by atoms with Crippen LogP contribution < -0.4 is 20.5 Å². The molecule has 0 saturated heterocycles. The topological polar surface area (TPSA) is 90.7 Å². The van der Waals surface area contributed by atoms with E-state index in [1.807, 2.05) is 0 Å². The van der Waals surface area contributed by atoms with Crippen molar-refractivity contribution < 1.29 is 19.1 Å². The summed E-state index contributed by atoms with van der Waals surface area (Å²) in [6.45, 7) is 1.65. The van der Waals surface area contributed by atoms with Crippen LogP contribution in [0.25, 0.3) is 0 Å². The summed E-state index contributed by atoms with van der Waals surface area (Å²) >= 11 is 0. The molecule has 0 aliphatic heterocycles. The number of anilines is 1. The van der Waals surface area contributed by atoms with E-state index < -0.39 is 12.0 Å². The molecular formula is C17H18N2O4. The predicted octanol–water partition coefficient (Wildman–Crippen LogP) is 2.20. The number of carbonyl (C=O) groups excluding carboxylic acids is 2. The number of carbonyl (C=O) groups is 2. The van der Waals surface area contributed by atoms with Crippen LogP contribution in [0.1, 0.15) is 17.3 Å². The Balaban J connectivity index is 1.97. The lowest BCUT2D eigenvalue weighted by Gasteiger charge is -2.15. The molecule has 0 fully saturated rings. The first kappa shape index (κ1) is 16.4. The van der Waals surface area contributed by atoms with Gasteiger partial charge in [-0.2, -0.15) is 0 Å². The zero-order chi connectivity index (χ0) is 16.8. The van der Waals surface area contributed by atoms with Crippen LogP contribution in [0.4, 0.5) is 5.69 Å². The fraction of sp³-hybridized carbons (Fsp3) is 0.176. The zero-order valence-corrected chi connectivity index (χ0v) is 12.9. The summed E-state index contributed by atoms with van der Waals surface area (Å²) in [5.74, 6) is 0.366. The predicted molar refractivity (Wildman–Crippen MR) is 86.7 cm³/mol. The van der Waals surface area contributed by atoms with Gasteiger partial charge in [0.2, 0.25) is 5.91 Å². The lowest BCUT2D eigenvalue weighted by Crippen LogP contribution is -2.30. The number of benzene rings is 2. The first-order valence-electron chi connectivity index (χ1n) is 7.01. The van der Waals surface area contributed by atoms with Crippen molar-refractivity contribution in [1.29, 1.82) is 0 Å². The molecule has 2 aromatic rings. The average Bonchev–Trinajstić information content (AvgIpc) is 2.55. The molecule has 0 aliphatic rings. The van der Waals surface area contributed by atoms with E-state index in [4.69, 9.17) is 15.2 Å². The number of hydrogen-bond donors (Lipinski definition) is 2.